The number of benzene rings is 1. The van der Waals surface area contributed by atoms with Gasteiger partial charge in [-0.15, -0.1) is 10.2 Å². The molecule has 1 atom stereocenters. The zero-order chi connectivity index (χ0) is 18.7. The van der Waals surface area contributed by atoms with E-state index in [4.69, 9.17) is 17.4 Å². The van der Waals surface area contributed by atoms with Gasteiger partial charge in [0.2, 0.25) is 11.1 Å². The van der Waals surface area contributed by atoms with Gasteiger partial charge < -0.3 is 11.2 Å². The molecule has 0 unspecified atom stereocenters. The monoisotopic (exact) mass is 393 g/mol. The second-order valence-electron chi connectivity index (χ2n) is 6.71. The maximum atomic E-state index is 12.5. The summed E-state index contributed by atoms with van der Waals surface area (Å²) >= 11 is 7.42. The largest absolute Gasteiger partial charge is 0.336 e. The molecule has 140 valence electrons. The summed E-state index contributed by atoms with van der Waals surface area (Å²) in [6, 6.07) is 5.45. The first-order valence-electron chi connectivity index (χ1n) is 8.90. The summed E-state index contributed by atoms with van der Waals surface area (Å²) < 4.78 is 1.55. The first-order chi connectivity index (χ1) is 12.5. The number of carbonyl (C=O) groups excluding carboxylic acids is 1. The third kappa shape index (κ3) is 4.15. The number of aromatic nitrogens is 3. The third-order valence-electron chi connectivity index (χ3n) is 4.84. The molecule has 1 heterocycles. The van der Waals surface area contributed by atoms with Crippen LogP contribution in [0.5, 0.6) is 0 Å². The number of halogens is 1. The van der Waals surface area contributed by atoms with Gasteiger partial charge in [0, 0.05) is 16.6 Å². The minimum atomic E-state index is -0.362. The molecule has 3 N–H and O–H groups in total. The van der Waals surface area contributed by atoms with Crippen LogP contribution in [0.15, 0.2) is 23.4 Å². The molecule has 0 aliphatic heterocycles. The smallest absolute Gasteiger partial charge is 0.237 e. The molecular weight excluding hydrogens is 370 g/mol. The number of nitrogens with one attached hydrogen (secondary N) is 1. The number of hydrogen-bond acceptors (Lipinski definition) is 5. The SMILES string of the molecule is Cc1c(Cl)cccc1NC(=O)[C@@H](C)Sc1nnc(C2CCCCC2)n1N. The standard InChI is InChI=1S/C18H24ClN5OS/c1-11-14(19)9-6-10-15(11)21-17(25)12(2)26-18-23-22-16(24(18)20)13-7-4-3-5-8-13/h6,9-10,12-13H,3-5,7-8,20H2,1-2H3,(H,21,25)/t12-/m1/s1. The van der Waals surface area contributed by atoms with Crippen LogP contribution in [-0.4, -0.2) is 26.0 Å². The van der Waals surface area contributed by atoms with Crippen LogP contribution in [0.3, 0.4) is 0 Å². The van der Waals surface area contributed by atoms with E-state index in [1.54, 1.807) is 10.7 Å². The second kappa shape index (κ2) is 8.31. The quantitative estimate of drug-likeness (QED) is 0.589. The van der Waals surface area contributed by atoms with E-state index in [0.29, 0.717) is 21.8 Å². The van der Waals surface area contributed by atoms with E-state index in [1.807, 2.05) is 26.0 Å². The molecule has 6 nitrogen and oxygen atoms in total. The van der Waals surface area contributed by atoms with Gasteiger partial charge in [0.25, 0.3) is 0 Å². The molecule has 1 aromatic carbocycles. The highest BCUT2D eigenvalue weighted by molar-refractivity contribution is 8.00. The summed E-state index contributed by atoms with van der Waals surface area (Å²) in [6.07, 6.45) is 5.89. The minimum Gasteiger partial charge on any atom is -0.336 e. The van der Waals surface area contributed by atoms with Gasteiger partial charge in [0.05, 0.1) is 5.25 Å². The summed E-state index contributed by atoms with van der Waals surface area (Å²) in [4.78, 5) is 12.5. The number of carbonyl (C=O) groups is 1. The lowest BCUT2D eigenvalue weighted by atomic mass is 9.89. The van der Waals surface area contributed by atoms with Crippen molar-refractivity contribution in [3.63, 3.8) is 0 Å². The summed E-state index contributed by atoms with van der Waals surface area (Å²) in [5, 5.41) is 12.2. The highest BCUT2D eigenvalue weighted by Gasteiger charge is 2.25. The fourth-order valence-corrected chi connectivity index (χ4v) is 4.15. The normalized spacial score (nSPS) is 16.4. The van der Waals surface area contributed by atoms with Crippen molar-refractivity contribution in [3.05, 3.63) is 34.6 Å². The molecule has 0 radical (unpaired) electrons. The number of nitrogens with zero attached hydrogens (tertiary/aromatic N) is 3. The summed E-state index contributed by atoms with van der Waals surface area (Å²) in [5.74, 6) is 7.27. The molecule has 26 heavy (non-hydrogen) atoms. The van der Waals surface area contributed by atoms with Crippen molar-refractivity contribution in [3.8, 4) is 0 Å². The van der Waals surface area contributed by atoms with Crippen molar-refractivity contribution in [1.82, 2.24) is 14.9 Å². The first-order valence-corrected chi connectivity index (χ1v) is 10.2. The molecular formula is C18H24ClN5OS. The number of nitrogens with two attached hydrogens (primary N) is 1. The minimum absolute atomic E-state index is 0.123. The van der Waals surface area contributed by atoms with Gasteiger partial charge in [-0.1, -0.05) is 48.7 Å². The van der Waals surface area contributed by atoms with E-state index in [9.17, 15) is 4.79 Å². The van der Waals surface area contributed by atoms with Crippen molar-refractivity contribution in [1.29, 1.82) is 0 Å². The van der Waals surface area contributed by atoms with Gasteiger partial charge in [-0.2, -0.15) is 0 Å². The fraction of sp³-hybridized carbons (Fsp3) is 0.500. The molecule has 0 spiro atoms. The highest BCUT2D eigenvalue weighted by Crippen LogP contribution is 2.33. The number of amides is 1. The number of thioether (sulfide) groups is 1. The molecule has 8 heteroatoms. The van der Waals surface area contributed by atoms with E-state index < -0.39 is 0 Å². The van der Waals surface area contributed by atoms with Crippen molar-refractivity contribution < 1.29 is 4.79 Å². The maximum absolute atomic E-state index is 12.5. The van der Waals surface area contributed by atoms with Crippen molar-refractivity contribution in [2.45, 2.75) is 62.3 Å². The van der Waals surface area contributed by atoms with Crippen LogP contribution < -0.4 is 11.2 Å². The van der Waals surface area contributed by atoms with E-state index in [0.717, 1.165) is 24.2 Å². The summed E-state index contributed by atoms with van der Waals surface area (Å²) in [6.45, 7) is 3.71. The van der Waals surface area contributed by atoms with Gasteiger partial charge in [0.1, 0.15) is 0 Å². The molecule has 1 aliphatic rings. The van der Waals surface area contributed by atoms with E-state index in [2.05, 4.69) is 15.5 Å². The van der Waals surface area contributed by atoms with Gasteiger partial charge in [-0.05, 0) is 44.4 Å². The molecule has 1 aromatic heterocycles. The highest BCUT2D eigenvalue weighted by atomic mass is 35.5. The molecule has 0 saturated heterocycles. The Morgan fingerprint density at radius 1 is 1.35 bits per heavy atom. The molecule has 1 saturated carbocycles. The predicted molar refractivity (Wildman–Crippen MR) is 106 cm³/mol. The Kier molecular flexibility index (Phi) is 6.09. The van der Waals surface area contributed by atoms with Crippen LogP contribution in [0.1, 0.15) is 56.3 Å². The van der Waals surface area contributed by atoms with Gasteiger partial charge in [-0.25, -0.2) is 4.68 Å². The lowest BCUT2D eigenvalue weighted by molar-refractivity contribution is -0.115. The second-order valence-corrected chi connectivity index (χ2v) is 8.42. The summed E-state index contributed by atoms with van der Waals surface area (Å²) in [5.41, 5.74) is 1.56. The van der Waals surface area contributed by atoms with Crippen LogP contribution in [0.2, 0.25) is 5.02 Å². The zero-order valence-corrected chi connectivity index (χ0v) is 16.6. The van der Waals surface area contributed by atoms with Crippen molar-refractivity contribution in [2.75, 3.05) is 11.2 Å². The number of anilines is 1. The van der Waals surface area contributed by atoms with Crippen LogP contribution in [0.25, 0.3) is 0 Å². The van der Waals surface area contributed by atoms with Crippen molar-refractivity contribution in [2.24, 2.45) is 0 Å². The zero-order valence-electron chi connectivity index (χ0n) is 15.0. The fourth-order valence-electron chi connectivity index (χ4n) is 3.20. The maximum Gasteiger partial charge on any atom is 0.237 e. The predicted octanol–water partition coefficient (Wildman–Crippen LogP) is 4.12. The topological polar surface area (TPSA) is 85.8 Å². The van der Waals surface area contributed by atoms with Crippen LogP contribution in [0, 0.1) is 6.92 Å². The number of rotatable bonds is 5. The molecule has 0 bridgehead atoms. The number of hydrogen-bond donors (Lipinski definition) is 2. The van der Waals surface area contributed by atoms with E-state index in [-0.39, 0.29) is 11.2 Å². The lowest BCUT2D eigenvalue weighted by Crippen LogP contribution is -2.24. The first kappa shape index (κ1) is 19.0. The molecule has 1 aliphatic carbocycles. The van der Waals surface area contributed by atoms with Crippen LogP contribution in [-0.2, 0) is 4.79 Å². The van der Waals surface area contributed by atoms with Gasteiger partial charge in [-0.3, -0.25) is 4.79 Å². The Labute approximate surface area is 162 Å². The van der Waals surface area contributed by atoms with E-state index in [1.165, 1.54) is 31.0 Å². The van der Waals surface area contributed by atoms with Crippen LogP contribution >= 0.6 is 23.4 Å². The molecule has 1 amide bonds. The Hall–Kier alpha value is -1.73. The van der Waals surface area contributed by atoms with Crippen LogP contribution in [0.4, 0.5) is 5.69 Å². The Morgan fingerprint density at radius 2 is 2.08 bits per heavy atom. The van der Waals surface area contributed by atoms with Crippen molar-refractivity contribution >= 4 is 35.0 Å². The average molecular weight is 394 g/mol. The average Bonchev–Trinajstić information content (AvgIpc) is 3.00. The molecule has 3 rings (SSSR count). The summed E-state index contributed by atoms with van der Waals surface area (Å²) in [7, 11) is 0. The Balaban J connectivity index is 1.66. The molecule has 1 fully saturated rings. The Morgan fingerprint density at radius 3 is 2.81 bits per heavy atom. The molecule has 2 aromatic rings. The lowest BCUT2D eigenvalue weighted by Gasteiger charge is -2.20. The number of nitrogen functional groups attached to an aromatic ring is 1. The van der Waals surface area contributed by atoms with E-state index >= 15 is 0 Å². The third-order valence-corrected chi connectivity index (χ3v) is 6.30. The van der Waals surface area contributed by atoms with Gasteiger partial charge >= 0.3 is 0 Å². The van der Waals surface area contributed by atoms with Gasteiger partial charge in [0.15, 0.2) is 5.82 Å². The Bertz CT molecular complexity index is 788.